The molecule has 3 N–H and O–H groups in total. The average molecular weight is 288 g/mol. The molecule has 0 aliphatic carbocycles. The number of ether oxygens (including phenoxy) is 1. The van der Waals surface area contributed by atoms with Gasteiger partial charge in [-0.1, -0.05) is 0 Å². The van der Waals surface area contributed by atoms with Crippen LogP contribution in [0.2, 0.25) is 0 Å². The monoisotopic (exact) mass is 288 g/mol. The van der Waals surface area contributed by atoms with E-state index in [0.29, 0.717) is 5.69 Å². The van der Waals surface area contributed by atoms with Crippen molar-refractivity contribution >= 4 is 17.6 Å². The maximum atomic E-state index is 13.1. The SMILES string of the molecule is CC(C)Oc1nc(N)nc(Nc2ccc(F)cc2C#N)n1. The fourth-order valence-corrected chi connectivity index (χ4v) is 1.53. The van der Waals surface area contributed by atoms with Crippen LogP contribution in [0, 0.1) is 17.1 Å². The van der Waals surface area contributed by atoms with Crippen LogP contribution >= 0.6 is 0 Å². The Bertz CT molecular complexity index is 698. The molecule has 1 aromatic carbocycles. The summed E-state index contributed by atoms with van der Waals surface area (Å²) in [4.78, 5) is 11.8. The van der Waals surface area contributed by atoms with E-state index in [1.807, 2.05) is 19.9 Å². The quantitative estimate of drug-likeness (QED) is 0.885. The van der Waals surface area contributed by atoms with Gasteiger partial charge in [0.15, 0.2) is 0 Å². The maximum absolute atomic E-state index is 13.1. The van der Waals surface area contributed by atoms with E-state index in [9.17, 15) is 4.39 Å². The van der Waals surface area contributed by atoms with Crippen LogP contribution in [0.25, 0.3) is 0 Å². The fraction of sp³-hybridized carbons (Fsp3) is 0.231. The van der Waals surface area contributed by atoms with E-state index in [1.54, 1.807) is 0 Å². The second-order valence-corrected chi connectivity index (χ2v) is 4.39. The zero-order chi connectivity index (χ0) is 15.4. The summed E-state index contributed by atoms with van der Waals surface area (Å²) >= 11 is 0. The number of anilines is 3. The molecule has 0 amide bonds. The Kier molecular flexibility index (Phi) is 4.13. The second kappa shape index (κ2) is 6.00. The maximum Gasteiger partial charge on any atom is 0.323 e. The van der Waals surface area contributed by atoms with Crippen molar-refractivity contribution in [2.45, 2.75) is 20.0 Å². The van der Waals surface area contributed by atoms with E-state index < -0.39 is 5.82 Å². The smallest absolute Gasteiger partial charge is 0.323 e. The number of nitrogens with two attached hydrogens (primary N) is 1. The predicted molar refractivity (Wildman–Crippen MR) is 74.4 cm³/mol. The molecule has 0 aliphatic heterocycles. The first-order chi connectivity index (χ1) is 9.97. The average Bonchev–Trinajstić information content (AvgIpc) is 2.39. The largest absolute Gasteiger partial charge is 0.461 e. The summed E-state index contributed by atoms with van der Waals surface area (Å²) in [7, 11) is 0. The lowest BCUT2D eigenvalue weighted by Crippen LogP contribution is -2.12. The molecule has 0 bridgehead atoms. The molecule has 8 heteroatoms. The molecule has 0 saturated carbocycles. The normalized spacial score (nSPS) is 10.2. The van der Waals surface area contributed by atoms with Crippen LogP contribution in [0.3, 0.4) is 0 Å². The van der Waals surface area contributed by atoms with Gasteiger partial charge in [-0.3, -0.25) is 0 Å². The van der Waals surface area contributed by atoms with Gasteiger partial charge in [0, 0.05) is 0 Å². The molecule has 0 spiro atoms. The Hall–Kier alpha value is -2.95. The number of nitrogens with one attached hydrogen (secondary N) is 1. The van der Waals surface area contributed by atoms with Crippen LogP contribution in [0.1, 0.15) is 19.4 Å². The lowest BCUT2D eigenvalue weighted by molar-refractivity contribution is 0.222. The number of rotatable bonds is 4. The van der Waals surface area contributed by atoms with Gasteiger partial charge in [-0.15, -0.1) is 0 Å². The molecular formula is C13H13FN6O. The molecule has 1 heterocycles. The summed E-state index contributed by atoms with van der Waals surface area (Å²) in [5.41, 5.74) is 6.06. The number of nitrogens with zero attached hydrogens (tertiary/aromatic N) is 4. The van der Waals surface area contributed by atoms with Crippen LogP contribution in [-0.2, 0) is 0 Å². The predicted octanol–water partition coefficient (Wildman–Crippen LogP) is 2.00. The Balaban J connectivity index is 2.31. The number of hydrogen-bond acceptors (Lipinski definition) is 7. The first-order valence-electron chi connectivity index (χ1n) is 6.13. The van der Waals surface area contributed by atoms with E-state index in [0.717, 1.165) is 6.07 Å². The van der Waals surface area contributed by atoms with Crippen molar-refractivity contribution in [3.63, 3.8) is 0 Å². The fourth-order valence-electron chi connectivity index (χ4n) is 1.53. The molecular weight excluding hydrogens is 275 g/mol. The molecule has 0 saturated heterocycles. The van der Waals surface area contributed by atoms with Gasteiger partial charge >= 0.3 is 6.01 Å². The number of hydrogen-bond donors (Lipinski definition) is 2. The summed E-state index contributed by atoms with van der Waals surface area (Å²) in [5, 5.41) is 11.8. The van der Waals surface area contributed by atoms with Gasteiger partial charge in [0.25, 0.3) is 0 Å². The standard InChI is InChI=1S/C13H13FN6O/c1-7(2)21-13-19-11(16)18-12(20-13)17-10-4-3-9(14)5-8(10)6-15/h3-5,7H,1-2H3,(H3,16,17,18,19,20). The summed E-state index contributed by atoms with van der Waals surface area (Å²) < 4.78 is 18.4. The zero-order valence-corrected chi connectivity index (χ0v) is 11.5. The molecule has 0 atom stereocenters. The van der Waals surface area contributed by atoms with Crippen LogP contribution in [-0.4, -0.2) is 21.1 Å². The van der Waals surface area contributed by atoms with Crippen molar-refractivity contribution in [1.29, 1.82) is 5.26 Å². The molecule has 21 heavy (non-hydrogen) atoms. The molecule has 2 aromatic rings. The third kappa shape index (κ3) is 3.76. The lowest BCUT2D eigenvalue weighted by Gasteiger charge is -2.10. The Morgan fingerprint density at radius 3 is 2.76 bits per heavy atom. The van der Waals surface area contributed by atoms with E-state index in [4.69, 9.17) is 15.7 Å². The van der Waals surface area contributed by atoms with Crippen molar-refractivity contribution in [3.8, 4) is 12.1 Å². The molecule has 2 rings (SSSR count). The minimum Gasteiger partial charge on any atom is -0.461 e. The van der Waals surface area contributed by atoms with Gasteiger partial charge in [0.2, 0.25) is 11.9 Å². The molecule has 0 fully saturated rings. The number of halogens is 1. The van der Waals surface area contributed by atoms with Gasteiger partial charge in [-0.2, -0.15) is 20.2 Å². The van der Waals surface area contributed by atoms with E-state index in [2.05, 4.69) is 20.3 Å². The zero-order valence-electron chi connectivity index (χ0n) is 11.5. The first-order valence-corrected chi connectivity index (χ1v) is 6.13. The van der Waals surface area contributed by atoms with E-state index in [-0.39, 0.29) is 29.6 Å². The van der Waals surface area contributed by atoms with Crippen LogP contribution < -0.4 is 15.8 Å². The highest BCUT2D eigenvalue weighted by Gasteiger charge is 2.10. The molecule has 0 aliphatic rings. The van der Waals surface area contributed by atoms with E-state index in [1.165, 1.54) is 12.1 Å². The minimum absolute atomic E-state index is 0.0243. The Morgan fingerprint density at radius 1 is 1.33 bits per heavy atom. The van der Waals surface area contributed by atoms with Gasteiger partial charge in [0.1, 0.15) is 11.9 Å². The van der Waals surface area contributed by atoms with Crippen LogP contribution in [0.4, 0.5) is 22.0 Å². The van der Waals surface area contributed by atoms with Gasteiger partial charge in [-0.25, -0.2) is 4.39 Å². The summed E-state index contributed by atoms with van der Waals surface area (Å²) in [5.74, 6) is -0.416. The van der Waals surface area contributed by atoms with Crippen molar-refractivity contribution in [1.82, 2.24) is 15.0 Å². The van der Waals surface area contributed by atoms with Crippen molar-refractivity contribution in [2.24, 2.45) is 0 Å². The molecule has 7 nitrogen and oxygen atoms in total. The number of nitriles is 1. The third-order valence-electron chi connectivity index (χ3n) is 2.32. The molecule has 0 unspecified atom stereocenters. The van der Waals surface area contributed by atoms with Gasteiger partial charge < -0.3 is 15.8 Å². The van der Waals surface area contributed by atoms with E-state index >= 15 is 0 Å². The summed E-state index contributed by atoms with van der Waals surface area (Å²) in [6.07, 6.45) is -0.125. The minimum atomic E-state index is -0.504. The Labute approximate surface area is 120 Å². The van der Waals surface area contributed by atoms with Crippen molar-refractivity contribution in [3.05, 3.63) is 29.6 Å². The highest BCUT2D eigenvalue weighted by Crippen LogP contribution is 2.20. The molecule has 108 valence electrons. The first kappa shape index (κ1) is 14.5. The number of aromatic nitrogens is 3. The Morgan fingerprint density at radius 2 is 2.10 bits per heavy atom. The second-order valence-electron chi connectivity index (χ2n) is 4.39. The van der Waals surface area contributed by atoms with Crippen LogP contribution in [0.5, 0.6) is 6.01 Å². The summed E-state index contributed by atoms with van der Waals surface area (Å²) in [6, 6.07) is 5.70. The highest BCUT2D eigenvalue weighted by atomic mass is 19.1. The molecule has 1 aromatic heterocycles. The summed E-state index contributed by atoms with van der Waals surface area (Å²) in [6.45, 7) is 3.64. The van der Waals surface area contributed by atoms with Crippen LogP contribution in [0.15, 0.2) is 18.2 Å². The highest BCUT2D eigenvalue weighted by molar-refractivity contribution is 5.63. The van der Waals surface area contributed by atoms with Gasteiger partial charge in [0.05, 0.1) is 17.4 Å². The van der Waals surface area contributed by atoms with Crippen molar-refractivity contribution in [2.75, 3.05) is 11.1 Å². The molecule has 0 radical (unpaired) electrons. The topological polar surface area (TPSA) is 110 Å². The lowest BCUT2D eigenvalue weighted by atomic mass is 10.2. The third-order valence-corrected chi connectivity index (χ3v) is 2.32. The van der Waals surface area contributed by atoms with Crippen molar-refractivity contribution < 1.29 is 9.13 Å². The number of benzene rings is 1. The number of nitrogen functional groups attached to an aromatic ring is 1. The van der Waals surface area contributed by atoms with Gasteiger partial charge in [-0.05, 0) is 32.0 Å².